The topological polar surface area (TPSA) is 144 Å². The second kappa shape index (κ2) is 10.7. The molecular weight excluding hydrogens is 368 g/mol. The predicted octanol–water partition coefficient (Wildman–Crippen LogP) is 1.88. The molecule has 0 radical (unpaired) electrons. The van der Waals surface area contributed by atoms with Crippen molar-refractivity contribution in [3.8, 4) is 0 Å². The van der Waals surface area contributed by atoms with Gasteiger partial charge in [0.1, 0.15) is 5.84 Å². The number of aliphatic imine (C=N–C) groups is 1. The molecule has 8 heteroatoms. The number of nitrogen functional groups attached to an aromatic ring is 1. The summed E-state index contributed by atoms with van der Waals surface area (Å²) in [6, 6.07) is 15.3. The number of esters is 1. The second-order valence-electron chi connectivity index (χ2n) is 6.58. The highest BCUT2D eigenvalue weighted by molar-refractivity contribution is 5.95. The minimum atomic E-state index is -0.224. The van der Waals surface area contributed by atoms with E-state index in [1.165, 1.54) is 7.11 Å². The summed E-state index contributed by atoms with van der Waals surface area (Å²) in [7, 11) is 1.39. The molecular formula is C21H28N6O2. The molecule has 7 N–H and O–H groups in total. The van der Waals surface area contributed by atoms with Gasteiger partial charge in [0.15, 0.2) is 5.96 Å². The van der Waals surface area contributed by atoms with Gasteiger partial charge in [-0.1, -0.05) is 24.3 Å². The molecule has 8 nitrogen and oxygen atoms in total. The molecule has 0 fully saturated rings. The van der Waals surface area contributed by atoms with Crippen molar-refractivity contribution < 1.29 is 9.53 Å². The van der Waals surface area contributed by atoms with E-state index in [0.29, 0.717) is 30.6 Å². The average Bonchev–Trinajstić information content (AvgIpc) is 2.71. The van der Waals surface area contributed by atoms with E-state index in [9.17, 15) is 4.79 Å². The Kier molecular flexibility index (Phi) is 8.02. The maximum atomic E-state index is 11.4. The Labute approximate surface area is 170 Å². The number of hydrogen-bond acceptors (Lipinski definition) is 5. The number of amidine groups is 1. The average molecular weight is 396 g/mol. The van der Waals surface area contributed by atoms with Crippen LogP contribution in [0.25, 0.3) is 0 Å². The van der Waals surface area contributed by atoms with Gasteiger partial charge in [0.2, 0.25) is 0 Å². The quantitative estimate of drug-likeness (QED) is 0.274. The van der Waals surface area contributed by atoms with Crippen LogP contribution in [0.3, 0.4) is 0 Å². The lowest BCUT2D eigenvalue weighted by atomic mass is 10.1. The van der Waals surface area contributed by atoms with Crippen LogP contribution in [0.4, 0.5) is 11.4 Å². The van der Waals surface area contributed by atoms with E-state index >= 15 is 0 Å². The van der Waals surface area contributed by atoms with Crippen LogP contribution in [0.1, 0.15) is 24.0 Å². The van der Waals surface area contributed by atoms with Crippen molar-refractivity contribution in [2.24, 2.45) is 22.2 Å². The molecule has 154 valence electrons. The van der Waals surface area contributed by atoms with Gasteiger partial charge in [0, 0.05) is 30.8 Å². The Morgan fingerprint density at radius 3 is 2.45 bits per heavy atom. The maximum absolute atomic E-state index is 11.4. The van der Waals surface area contributed by atoms with Gasteiger partial charge in [0.05, 0.1) is 12.8 Å². The summed E-state index contributed by atoms with van der Waals surface area (Å²) in [6.07, 6.45) is 1.82. The Morgan fingerprint density at radius 2 is 1.83 bits per heavy atom. The van der Waals surface area contributed by atoms with Gasteiger partial charge < -0.3 is 26.8 Å². The first-order chi connectivity index (χ1) is 13.9. The van der Waals surface area contributed by atoms with Crippen LogP contribution in [0.15, 0.2) is 53.5 Å². The van der Waals surface area contributed by atoms with E-state index in [1.54, 1.807) is 6.07 Å². The van der Waals surface area contributed by atoms with E-state index in [0.717, 1.165) is 24.2 Å². The third kappa shape index (κ3) is 7.17. The van der Waals surface area contributed by atoms with E-state index in [1.807, 2.05) is 42.5 Å². The zero-order valence-electron chi connectivity index (χ0n) is 16.6. The molecule has 0 saturated carbocycles. The summed E-state index contributed by atoms with van der Waals surface area (Å²) >= 11 is 0. The fourth-order valence-electron chi connectivity index (χ4n) is 2.91. The zero-order chi connectivity index (χ0) is 21.2. The third-order valence-corrected chi connectivity index (χ3v) is 4.42. The molecule has 0 amide bonds. The summed E-state index contributed by atoms with van der Waals surface area (Å²) in [5, 5.41) is 7.67. The molecule has 2 aromatic carbocycles. The Hall–Kier alpha value is -3.55. The van der Waals surface area contributed by atoms with Gasteiger partial charge in [-0.15, -0.1) is 0 Å². The first-order valence-electron chi connectivity index (χ1n) is 9.34. The largest absolute Gasteiger partial charge is 0.469 e. The van der Waals surface area contributed by atoms with E-state index in [-0.39, 0.29) is 17.8 Å². The molecule has 2 aromatic rings. The number of carbonyl (C=O) groups is 1. The normalized spacial score (nSPS) is 10.2. The zero-order valence-corrected chi connectivity index (χ0v) is 16.6. The first kappa shape index (κ1) is 21.7. The number of carbonyl (C=O) groups excluding carboxylic acids is 1. The van der Waals surface area contributed by atoms with Gasteiger partial charge in [-0.05, 0) is 42.7 Å². The Morgan fingerprint density at radius 1 is 1.10 bits per heavy atom. The number of guanidine groups is 1. The summed E-state index contributed by atoms with van der Waals surface area (Å²) in [5.74, 6) is -0.172. The molecule has 0 spiro atoms. The van der Waals surface area contributed by atoms with Crippen LogP contribution < -0.4 is 22.1 Å². The lowest BCUT2D eigenvalue weighted by Crippen LogP contribution is -2.28. The predicted molar refractivity (Wildman–Crippen MR) is 117 cm³/mol. The van der Waals surface area contributed by atoms with Gasteiger partial charge in [-0.2, -0.15) is 0 Å². The fraction of sp³-hybridized carbons (Fsp3) is 0.286. The van der Waals surface area contributed by atoms with Gasteiger partial charge in [-0.3, -0.25) is 10.2 Å². The number of nitrogens with two attached hydrogens (primary N) is 3. The molecule has 29 heavy (non-hydrogen) atoms. The summed E-state index contributed by atoms with van der Waals surface area (Å²) in [6.45, 7) is 1.42. The smallest absolute Gasteiger partial charge is 0.305 e. The molecule has 0 aliphatic heterocycles. The van der Waals surface area contributed by atoms with Gasteiger partial charge >= 0.3 is 5.97 Å². The van der Waals surface area contributed by atoms with E-state index in [4.69, 9.17) is 27.3 Å². The SMILES string of the molecule is COC(=O)CCCN(CCc1ccc(N=C(N)N)cc1)c1cccc(C(=N)N)c1. The van der Waals surface area contributed by atoms with Crippen LogP contribution >= 0.6 is 0 Å². The highest BCUT2D eigenvalue weighted by Gasteiger charge is 2.10. The van der Waals surface area contributed by atoms with Gasteiger partial charge in [-0.25, -0.2) is 4.99 Å². The molecule has 0 aliphatic rings. The monoisotopic (exact) mass is 396 g/mol. The Bertz CT molecular complexity index is 860. The number of anilines is 1. The number of nitrogens with one attached hydrogen (secondary N) is 1. The van der Waals surface area contributed by atoms with E-state index in [2.05, 4.69) is 9.89 Å². The highest BCUT2D eigenvalue weighted by atomic mass is 16.5. The van der Waals surface area contributed by atoms with Crippen molar-refractivity contribution in [1.82, 2.24) is 0 Å². The van der Waals surface area contributed by atoms with Crippen molar-refractivity contribution in [3.05, 3.63) is 59.7 Å². The first-order valence-corrected chi connectivity index (χ1v) is 9.34. The number of rotatable bonds is 10. The Balaban J connectivity index is 2.10. The summed E-state index contributed by atoms with van der Waals surface area (Å²) < 4.78 is 4.73. The van der Waals surface area contributed by atoms with Gasteiger partial charge in [0.25, 0.3) is 0 Å². The number of hydrogen-bond donors (Lipinski definition) is 4. The molecule has 0 atom stereocenters. The molecule has 0 saturated heterocycles. The number of benzene rings is 2. The van der Waals surface area contributed by atoms with Crippen LogP contribution in [-0.2, 0) is 16.0 Å². The summed E-state index contributed by atoms with van der Waals surface area (Å²) in [4.78, 5) is 17.6. The lowest BCUT2D eigenvalue weighted by molar-refractivity contribution is -0.140. The highest BCUT2D eigenvalue weighted by Crippen LogP contribution is 2.19. The van der Waals surface area contributed by atoms with Crippen molar-refractivity contribution in [1.29, 1.82) is 5.41 Å². The molecule has 0 unspecified atom stereocenters. The molecule has 0 heterocycles. The molecule has 0 aliphatic carbocycles. The van der Waals surface area contributed by atoms with Crippen LogP contribution in [-0.4, -0.2) is 38.0 Å². The lowest BCUT2D eigenvalue weighted by Gasteiger charge is -2.25. The molecule has 0 aromatic heterocycles. The fourth-order valence-corrected chi connectivity index (χ4v) is 2.91. The third-order valence-electron chi connectivity index (χ3n) is 4.42. The van der Waals surface area contributed by atoms with Crippen LogP contribution in [0.5, 0.6) is 0 Å². The van der Waals surface area contributed by atoms with Crippen molar-refractivity contribution in [2.75, 3.05) is 25.1 Å². The number of methoxy groups -OCH3 is 1. The minimum absolute atomic E-state index is 0.0247. The second-order valence-corrected chi connectivity index (χ2v) is 6.58. The number of nitrogens with zero attached hydrogens (tertiary/aromatic N) is 2. The summed E-state index contributed by atoms with van der Waals surface area (Å²) in [5.41, 5.74) is 19.9. The molecule has 0 bridgehead atoms. The van der Waals surface area contributed by atoms with Crippen molar-refractivity contribution in [2.45, 2.75) is 19.3 Å². The number of ether oxygens (including phenoxy) is 1. The van der Waals surface area contributed by atoms with E-state index < -0.39 is 0 Å². The minimum Gasteiger partial charge on any atom is -0.469 e. The van der Waals surface area contributed by atoms with Crippen molar-refractivity contribution in [3.63, 3.8) is 0 Å². The van der Waals surface area contributed by atoms with Crippen LogP contribution in [0, 0.1) is 5.41 Å². The maximum Gasteiger partial charge on any atom is 0.305 e. The van der Waals surface area contributed by atoms with Crippen molar-refractivity contribution >= 4 is 29.1 Å². The molecule has 2 rings (SSSR count). The van der Waals surface area contributed by atoms with Crippen LogP contribution in [0.2, 0.25) is 0 Å². The standard InChI is InChI=1S/C21H28N6O2/c1-29-19(28)6-3-12-27(18-5-2-4-16(14-18)20(22)23)13-11-15-7-9-17(10-8-15)26-21(24)25/h2,4-5,7-10,14H,3,6,11-13H2,1H3,(H3,22,23)(H4,24,25,26).